The molecule has 2 aromatic rings. The number of amides is 1. The first-order valence-electron chi connectivity index (χ1n) is 6.73. The van der Waals surface area contributed by atoms with Gasteiger partial charge in [0.1, 0.15) is 11.6 Å². The molecule has 0 aliphatic rings. The van der Waals surface area contributed by atoms with Crippen LogP contribution in [-0.2, 0) is 11.0 Å². The van der Waals surface area contributed by atoms with Crippen molar-refractivity contribution in [3.8, 4) is 5.75 Å². The molecule has 0 saturated carbocycles. The van der Waals surface area contributed by atoms with Crippen LogP contribution < -0.4 is 10.2 Å². The number of nitrogens with zero attached hydrogens (tertiary/aromatic N) is 1. The molecule has 126 valence electrons. The lowest BCUT2D eigenvalue weighted by Gasteiger charge is -2.09. The van der Waals surface area contributed by atoms with E-state index in [0.29, 0.717) is 0 Å². The van der Waals surface area contributed by atoms with Crippen molar-refractivity contribution in [2.45, 2.75) is 6.18 Å². The Morgan fingerprint density at radius 2 is 1.79 bits per heavy atom. The van der Waals surface area contributed by atoms with E-state index in [1.54, 1.807) is 0 Å². The number of hydrogen-bond donors (Lipinski definition) is 1. The Morgan fingerprint density at radius 3 is 2.46 bits per heavy atom. The Labute approximate surface area is 134 Å². The highest BCUT2D eigenvalue weighted by atomic mass is 19.4. The van der Waals surface area contributed by atoms with Gasteiger partial charge in [-0.1, -0.05) is 18.2 Å². The molecule has 0 saturated heterocycles. The lowest BCUT2D eigenvalue weighted by molar-refractivity contribution is -0.137. The van der Waals surface area contributed by atoms with Crippen LogP contribution in [0.3, 0.4) is 0 Å². The molecule has 2 aromatic carbocycles. The first kappa shape index (κ1) is 17.5. The average molecular weight is 340 g/mol. The highest BCUT2D eigenvalue weighted by Gasteiger charge is 2.32. The van der Waals surface area contributed by atoms with Crippen molar-refractivity contribution >= 4 is 12.1 Å². The summed E-state index contributed by atoms with van der Waals surface area (Å²) in [6.45, 7) is -0.413. The minimum Gasteiger partial charge on any atom is -0.484 e. The van der Waals surface area contributed by atoms with Gasteiger partial charge < -0.3 is 4.74 Å². The van der Waals surface area contributed by atoms with Gasteiger partial charge in [0.2, 0.25) is 0 Å². The molecule has 4 nitrogen and oxygen atoms in total. The van der Waals surface area contributed by atoms with Crippen molar-refractivity contribution in [1.82, 2.24) is 5.43 Å². The maximum absolute atomic E-state index is 12.8. The number of hydrogen-bond acceptors (Lipinski definition) is 3. The molecule has 0 unspecified atom stereocenters. The second-order valence-electron chi connectivity index (χ2n) is 4.62. The number of carbonyl (C=O) groups excluding carboxylic acids is 1. The SMILES string of the molecule is O=C(COc1ccc(F)cc1)NN=Cc1ccccc1C(F)(F)F. The van der Waals surface area contributed by atoms with Crippen molar-refractivity contribution in [3.05, 3.63) is 65.5 Å². The van der Waals surface area contributed by atoms with Gasteiger partial charge in [0, 0.05) is 5.56 Å². The maximum Gasteiger partial charge on any atom is 0.417 e. The van der Waals surface area contributed by atoms with Gasteiger partial charge in [-0.25, -0.2) is 9.82 Å². The van der Waals surface area contributed by atoms with E-state index < -0.39 is 30.1 Å². The Kier molecular flexibility index (Phi) is 5.51. The van der Waals surface area contributed by atoms with E-state index in [2.05, 4.69) is 10.5 Å². The predicted octanol–water partition coefficient (Wildman–Crippen LogP) is 3.37. The minimum absolute atomic E-state index is 0.176. The number of halogens is 4. The van der Waals surface area contributed by atoms with Crippen molar-refractivity contribution < 1.29 is 27.1 Å². The fraction of sp³-hybridized carbons (Fsp3) is 0.125. The summed E-state index contributed by atoms with van der Waals surface area (Å²) in [6.07, 6.45) is -3.61. The van der Waals surface area contributed by atoms with Gasteiger partial charge >= 0.3 is 6.18 Å². The molecule has 1 N–H and O–H groups in total. The second-order valence-corrected chi connectivity index (χ2v) is 4.62. The van der Waals surface area contributed by atoms with Gasteiger partial charge in [-0.3, -0.25) is 4.79 Å². The van der Waals surface area contributed by atoms with E-state index in [4.69, 9.17) is 4.74 Å². The number of rotatable bonds is 5. The third-order valence-corrected chi connectivity index (χ3v) is 2.84. The lowest BCUT2D eigenvalue weighted by Crippen LogP contribution is -2.24. The van der Waals surface area contributed by atoms with Crippen LogP contribution in [0.25, 0.3) is 0 Å². The molecule has 0 radical (unpaired) electrons. The zero-order valence-electron chi connectivity index (χ0n) is 12.2. The molecule has 0 atom stereocenters. The van der Waals surface area contributed by atoms with Crippen LogP contribution in [0.5, 0.6) is 5.75 Å². The summed E-state index contributed by atoms with van der Waals surface area (Å²) >= 11 is 0. The monoisotopic (exact) mass is 340 g/mol. The molecule has 0 fully saturated rings. The third-order valence-electron chi connectivity index (χ3n) is 2.84. The maximum atomic E-state index is 12.8. The van der Waals surface area contributed by atoms with Gasteiger partial charge in [0.15, 0.2) is 6.61 Å². The Hall–Kier alpha value is -2.90. The quantitative estimate of drug-likeness (QED) is 0.515. The van der Waals surface area contributed by atoms with Crippen molar-refractivity contribution in [2.24, 2.45) is 5.10 Å². The summed E-state index contributed by atoms with van der Waals surface area (Å²) in [4.78, 5) is 11.5. The first-order chi connectivity index (χ1) is 11.4. The van der Waals surface area contributed by atoms with Crippen LogP contribution in [-0.4, -0.2) is 18.7 Å². The molecule has 0 aliphatic carbocycles. The summed E-state index contributed by atoms with van der Waals surface area (Å²) < 4.78 is 56.1. The third kappa shape index (κ3) is 5.08. The van der Waals surface area contributed by atoms with E-state index >= 15 is 0 Å². The first-order valence-corrected chi connectivity index (χ1v) is 6.73. The van der Waals surface area contributed by atoms with Crippen LogP contribution in [0, 0.1) is 5.82 Å². The molecular formula is C16H12F4N2O2. The molecular weight excluding hydrogens is 328 g/mol. The van der Waals surface area contributed by atoms with Gasteiger partial charge in [0.05, 0.1) is 11.8 Å². The molecule has 0 aliphatic heterocycles. The van der Waals surface area contributed by atoms with E-state index in [1.165, 1.54) is 42.5 Å². The minimum atomic E-state index is -4.52. The summed E-state index contributed by atoms with van der Waals surface area (Å²) in [7, 11) is 0. The summed E-state index contributed by atoms with van der Waals surface area (Å²) in [5.74, 6) is -0.835. The van der Waals surface area contributed by atoms with Gasteiger partial charge in [0.25, 0.3) is 5.91 Å². The number of nitrogens with one attached hydrogen (secondary N) is 1. The van der Waals surface area contributed by atoms with Gasteiger partial charge in [-0.05, 0) is 30.3 Å². The van der Waals surface area contributed by atoms with E-state index in [0.717, 1.165) is 12.3 Å². The smallest absolute Gasteiger partial charge is 0.417 e. The zero-order valence-corrected chi connectivity index (χ0v) is 12.2. The van der Waals surface area contributed by atoms with Crippen LogP contribution >= 0.6 is 0 Å². The highest BCUT2D eigenvalue weighted by Crippen LogP contribution is 2.30. The summed E-state index contributed by atoms with van der Waals surface area (Å²) in [6, 6.07) is 9.84. The largest absolute Gasteiger partial charge is 0.484 e. The van der Waals surface area contributed by atoms with Crippen LogP contribution in [0.4, 0.5) is 17.6 Å². The molecule has 2 rings (SSSR count). The van der Waals surface area contributed by atoms with Crippen LogP contribution in [0.15, 0.2) is 53.6 Å². The van der Waals surface area contributed by atoms with Crippen molar-refractivity contribution in [1.29, 1.82) is 0 Å². The zero-order chi connectivity index (χ0) is 17.6. The molecule has 1 amide bonds. The number of carbonyl (C=O) groups is 1. The van der Waals surface area contributed by atoms with Crippen molar-refractivity contribution in [2.75, 3.05) is 6.61 Å². The number of benzene rings is 2. The fourth-order valence-electron chi connectivity index (χ4n) is 1.75. The fourth-order valence-corrected chi connectivity index (χ4v) is 1.75. The van der Waals surface area contributed by atoms with Gasteiger partial charge in [-0.2, -0.15) is 18.3 Å². The van der Waals surface area contributed by atoms with E-state index in [9.17, 15) is 22.4 Å². The van der Waals surface area contributed by atoms with E-state index in [1.807, 2.05) is 0 Å². The summed E-state index contributed by atoms with van der Waals surface area (Å²) in [5.41, 5.74) is 1.02. The normalized spacial score (nSPS) is 11.5. The van der Waals surface area contributed by atoms with Crippen LogP contribution in [0.1, 0.15) is 11.1 Å². The molecule has 0 spiro atoms. The highest BCUT2D eigenvalue weighted by molar-refractivity contribution is 5.84. The summed E-state index contributed by atoms with van der Waals surface area (Å²) in [5, 5.41) is 3.48. The van der Waals surface area contributed by atoms with Crippen molar-refractivity contribution in [3.63, 3.8) is 0 Å². The molecule has 8 heteroatoms. The predicted molar refractivity (Wildman–Crippen MR) is 79.1 cm³/mol. The second kappa shape index (κ2) is 7.58. The Morgan fingerprint density at radius 1 is 1.12 bits per heavy atom. The Balaban J connectivity index is 1.90. The lowest BCUT2D eigenvalue weighted by atomic mass is 10.1. The number of alkyl halides is 3. The average Bonchev–Trinajstić information content (AvgIpc) is 2.54. The molecule has 24 heavy (non-hydrogen) atoms. The molecule has 0 aromatic heterocycles. The Bertz CT molecular complexity index is 728. The number of ether oxygens (including phenoxy) is 1. The number of hydrazone groups is 1. The molecule has 0 heterocycles. The van der Waals surface area contributed by atoms with Crippen LogP contribution in [0.2, 0.25) is 0 Å². The standard InChI is InChI=1S/C16H12F4N2O2/c17-12-5-7-13(8-6-12)24-10-15(23)22-21-9-11-3-1-2-4-14(11)16(18,19)20/h1-9H,10H2,(H,22,23). The topological polar surface area (TPSA) is 50.7 Å². The van der Waals surface area contributed by atoms with E-state index in [-0.39, 0.29) is 11.3 Å². The van der Waals surface area contributed by atoms with Gasteiger partial charge in [-0.15, -0.1) is 0 Å². The molecule has 0 bridgehead atoms.